The maximum absolute atomic E-state index is 4.84. The van der Waals surface area contributed by atoms with Gasteiger partial charge in [-0.05, 0) is 64.1 Å². The zero-order valence-corrected chi connectivity index (χ0v) is 14.3. The summed E-state index contributed by atoms with van der Waals surface area (Å²) in [6, 6.07) is 0. The fourth-order valence-corrected chi connectivity index (χ4v) is 3.36. The molecule has 0 atom stereocenters. The van der Waals surface area contributed by atoms with Crippen molar-refractivity contribution < 1.29 is 0 Å². The van der Waals surface area contributed by atoms with Gasteiger partial charge in [0.15, 0.2) is 5.96 Å². The van der Waals surface area contributed by atoms with Gasteiger partial charge in [0.2, 0.25) is 0 Å². The zero-order valence-electron chi connectivity index (χ0n) is 14.3. The minimum absolute atomic E-state index is 0.436. The molecule has 0 bridgehead atoms. The van der Waals surface area contributed by atoms with Gasteiger partial charge < -0.3 is 15.1 Å². The van der Waals surface area contributed by atoms with Crippen LogP contribution in [0.15, 0.2) is 4.99 Å². The van der Waals surface area contributed by atoms with E-state index in [0.29, 0.717) is 5.41 Å². The van der Waals surface area contributed by atoms with Crippen LogP contribution in [0.3, 0.4) is 0 Å². The van der Waals surface area contributed by atoms with E-state index in [0.717, 1.165) is 32.1 Å². The maximum Gasteiger partial charge on any atom is 0.193 e. The Kier molecular flexibility index (Phi) is 6.34. The Bertz CT molecular complexity index is 332. The Labute approximate surface area is 131 Å². The fraction of sp³-hybridized carbons (Fsp3) is 0.941. The van der Waals surface area contributed by atoms with Crippen molar-refractivity contribution in [2.75, 3.05) is 45.8 Å². The first-order valence-electron chi connectivity index (χ1n) is 8.86. The lowest BCUT2D eigenvalue weighted by molar-refractivity contribution is 0.331. The summed E-state index contributed by atoms with van der Waals surface area (Å²) in [5, 5.41) is 3.46. The molecule has 1 N–H and O–H groups in total. The van der Waals surface area contributed by atoms with Crippen LogP contribution in [0, 0.1) is 5.41 Å². The van der Waals surface area contributed by atoms with Crippen LogP contribution >= 0.6 is 0 Å². The van der Waals surface area contributed by atoms with E-state index in [1.807, 2.05) is 0 Å². The molecule has 4 nitrogen and oxygen atoms in total. The van der Waals surface area contributed by atoms with Crippen molar-refractivity contribution in [2.24, 2.45) is 10.4 Å². The third-order valence-corrected chi connectivity index (χ3v) is 4.65. The molecule has 2 rings (SSSR count). The highest BCUT2D eigenvalue weighted by molar-refractivity contribution is 5.80. The van der Waals surface area contributed by atoms with Gasteiger partial charge >= 0.3 is 0 Å². The zero-order chi connectivity index (χ0) is 15.1. The molecule has 2 fully saturated rings. The van der Waals surface area contributed by atoms with E-state index in [1.165, 1.54) is 51.7 Å². The highest BCUT2D eigenvalue weighted by Crippen LogP contribution is 2.28. The Morgan fingerprint density at radius 3 is 2.52 bits per heavy atom. The molecule has 21 heavy (non-hydrogen) atoms. The molecule has 2 heterocycles. The van der Waals surface area contributed by atoms with Gasteiger partial charge in [0.05, 0.1) is 0 Å². The van der Waals surface area contributed by atoms with Gasteiger partial charge in [0.1, 0.15) is 0 Å². The van der Waals surface area contributed by atoms with E-state index >= 15 is 0 Å². The lowest BCUT2D eigenvalue weighted by Crippen LogP contribution is -2.40. The number of rotatable bonds is 6. The van der Waals surface area contributed by atoms with E-state index in [-0.39, 0.29) is 0 Å². The summed E-state index contributed by atoms with van der Waals surface area (Å²) in [4.78, 5) is 9.87. The Morgan fingerprint density at radius 1 is 1.14 bits per heavy atom. The molecule has 0 unspecified atom stereocenters. The molecule has 0 saturated carbocycles. The summed E-state index contributed by atoms with van der Waals surface area (Å²) in [6.45, 7) is 15.0. The van der Waals surface area contributed by atoms with Crippen molar-refractivity contribution in [1.82, 2.24) is 15.1 Å². The lowest BCUT2D eigenvalue weighted by atomic mass is 9.93. The minimum Gasteiger partial charge on any atom is -0.357 e. The van der Waals surface area contributed by atoms with Crippen LogP contribution in [0.5, 0.6) is 0 Å². The van der Waals surface area contributed by atoms with E-state index in [4.69, 9.17) is 4.99 Å². The SMILES string of the molecule is CCNC(=NCCCCN1CCCC1)N1CCC(C)(C)C1. The van der Waals surface area contributed by atoms with E-state index in [2.05, 4.69) is 35.9 Å². The highest BCUT2D eigenvalue weighted by atomic mass is 15.3. The number of unbranched alkanes of at least 4 members (excludes halogenated alkanes) is 1. The van der Waals surface area contributed by atoms with Crippen LogP contribution in [0.4, 0.5) is 0 Å². The van der Waals surface area contributed by atoms with Gasteiger partial charge in [-0.3, -0.25) is 4.99 Å². The van der Waals surface area contributed by atoms with Crippen LogP contribution < -0.4 is 5.32 Å². The monoisotopic (exact) mass is 294 g/mol. The minimum atomic E-state index is 0.436. The molecule has 2 aliphatic rings. The summed E-state index contributed by atoms with van der Waals surface area (Å²) >= 11 is 0. The Morgan fingerprint density at radius 2 is 1.90 bits per heavy atom. The molecule has 122 valence electrons. The molecule has 0 aromatic heterocycles. The maximum atomic E-state index is 4.84. The summed E-state index contributed by atoms with van der Waals surface area (Å²) in [6.07, 6.45) is 6.56. The van der Waals surface area contributed by atoms with Crippen LogP contribution in [0.25, 0.3) is 0 Å². The fourth-order valence-electron chi connectivity index (χ4n) is 3.36. The number of nitrogens with zero attached hydrogens (tertiary/aromatic N) is 3. The molecule has 0 aromatic rings. The van der Waals surface area contributed by atoms with Crippen LogP contribution in [0.2, 0.25) is 0 Å². The lowest BCUT2D eigenvalue weighted by Gasteiger charge is -2.23. The molecule has 0 aliphatic carbocycles. The molecule has 2 saturated heterocycles. The second-order valence-electron chi connectivity index (χ2n) is 7.33. The molecular weight excluding hydrogens is 260 g/mol. The second-order valence-corrected chi connectivity index (χ2v) is 7.33. The van der Waals surface area contributed by atoms with Gasteiger partial charge in [-0.1, -0.05) is 13.8 Å². The average molecular weight is 294 g/mol. The largest absolute Gasteiger partial charge is 0.357 e. The van der Waals surface area contributed by atoms with Crippen molar-refractivity contribution in [2.45, 2.75) is 52.9 Å². The predicted molar refractivity (Wildman–Crippen MR) is 90.9 cm³/mol. The number of hydrogen-bond acceptors (Lipinski definition) is 2. The van der Waals surface area contributed by atoms with E-state index in [9.17, 15) is 0 Å². The average Bonchev–Trinajstić information content (AvgIpc) is 3.06. The highest BCUT2D eigenvalue weighted by Gasteiger charge is 2.30. The summed E-state index contributed by atoms with van der Waals surface area (Å²) < 4.78 is 0. The molecule has 0 aromatic carbocycles. The number of hydrogen-bond donors (Lipinski definition) is 1. The Hall–Kier alpha value is -0.770. The van der Waals surface area contributed by atoms with Crippen molar-refractivity contribution in [3.63, 3.8) is 0 Å². The topological polar surface area (TPSA) is 30.9 Å². The summed E-state index contributed by atoms with van der Waals surface area (Å²) in [5.74, 6) is 1.13. The third-order valence-electron chi connectivity index (χ3n) is 4.65. The first-order valence-corrected chi connectivity index (χ1v) is 8.86. The molecular formula is C17H34N4. The van der Waals surface area contributed by atoms with Crippen LogP contribution in [-0.2, 0) is 0 Å². The van der Waals surface area contributed by atoms with E-state index < -0.39 is 0 Å². The van der Waals surface area contributed by atoms with Gasteiger partial charge in [-0.15, -0.1) is 0 Å². The summed E-state index contributed by atoms with van der Waals surface area (Å²) in [5.41, 5.74) is 0.436. The first kappa shape index (κ1) is 16.6. The van der Waals surface area contributed by atoms with Crippen molar-refractivity contribution in [1.29, 1.82) is 0 Å². The predicted octanol–water partition coefficient (Wildman–Crippen LogP) is 2.56. The number of guanidine groups is 1. The first-order chi connectivity index (χ1) is 10.1. The molecule has 0 amide bonds. The van der Waals surface area contributed by atoms with Crippen molar-refractivity contribution >= 4 is 5.96 Å². The molecule has 0 spiro atoms. The summed E-state index contributed by atoms with van der Waals surface area (Å²) in [7, 11) is 0. The van der Waals surface area contributed by atoms with E-state index in [1.54, 1.807) is 0 Å². The normalized spacial score (nSPS) is 23.0. The standard InChI is InChI=1S/C17H34N4/c1-4-18-16(21-14-9-17(2,3)15-21)19-10-5-6-11-20-12-7-8-13-20/h4-15H2,1-3H3,(H,18,19). The molecule has 0 radical (unpaired) electrons. The van der Waals surface area contributed by atoms with Crippen molar-refractivity contribution in [3.8, 4) is 0 Å². The van der Waals surface area contributed by atoms with Crippen LogP contribution in [0.1, 0.15) is 52.9 Å². The molecule has 2 aliphatic heterocycles. The Balaban J connectivity index is 1.70. The third kappa shape index (κ3) is 5.50. The molecule has 4 heteroatoms. The van der Waals surface area contributed by atoms with Gasteiger partial charge in [-0.2, -0.15) is 0 Å². The number of nitrogens with one attached hydrogen (secondary N) is 1. The van der Waals surface area contributed by atoms with Crippen molar-refractivity contribution in [3.05, 3.63) is 0 Å². The van der Waals surface area contributed by atoms with Gasteiger partial charge in [-0.25, -0.2) is 0 Å². The number of likely N-dealkylation sites (tertiary alicyclic amines) is 2. The van der Waals surface area contributed by atoms with Crippen LogP contribution in [-0.4, -0.2) is 61.6 Å². The van der Waals surface area contributed by atoms with Gasteiger partial charge in [0.25, 0.3) is 0 Å². The smallest absolute Gasteiger partial charge is 0.193 e. The second kappa shape index (κ2) is 8.02. The quantitative estimate of drug-likeness (QED) is 0.464. The number of aliphatic imine (C=N–C) groups is 1. The van der Waals surface area contributed by atoms with Gasteiger partial charge in [0, 0.05) is 26.2 Å².